The van der Waals surface area contributed by atoms with Crippen molar-refractivity contribution in [3.05, 3.63) is 325 Å². The zero-order valence-corrected chi connectivity index (χ0v) is 62.5. The molecule has 2 amide bonds. The van der Waals surface area contributed by atoms with Gasteiger partial charge in [0, 0.05) is 82.0 Å². The van der Waals surface area contributed by atoms with Crippen LogP contribution in [0.2, 0.25) is 5.02 Å². The van der Waals surface area contributed by atoms with Crippen molar-refractivity contribution in [3.8, 4) is 51.5 Å². The van der Waals surface area contributed by atoms with Crippen LogP contribution in [0.1, 0.15) is 151 Å². The van der Waals surface area contributed by atoms with Crippen molar-refractivity contribution in [2.24, 2.45) is 5.73 Å². The van der Waals surface area contributed by atoms with Gasteiger partial charge >= 0.3 is 5.97 Å². The number of phenolic OH excluding ortho intramolecular Hbond substituents is 2. The summed E-state index contributed by atoms with van der Waals surface area (Å²) in [5.41, 5.74) is 28.0. The second-order valence-corrected chi connectivity index (χ2v) is 28.4. The first-order valence-corrected chi connectivity index (χ1v) is 36.0. The number of methoxy groups -OCH3 is 2. The van der Waals surface area contributed by atoms with Gasteiger partial charge in [0.15, 0.2) is 23.9 Å². The molecule has 23 heteroatoms. The number of primary amides is 1. The van der Waals surface area contributed by atoms with E-state index in [0.717, 1.165) is 110 Å². The molecule has 0 saturated carbocycles. The van der Waals surface area contributed by atoms with Crippen LogP contribution in [0.25, 0.3) is 22.7 Å². The fraction of sp³-hybridized carbons (Fsp3) is 0.216. The van der Waals surface area contributed by atoms with Crippen LogP contribution in [-0.4, -0.2) is 93.1 Å². The fourth-order valence-electron chi connectivity index (χ4n) is 14.7. The number of aromatic hydroxyl groups is 2. The first-order chi connectivity index (χ1) is 52.8. The van der Waals surface area contributed by atoms with Gasteiger partial charge in [-0.25, -0.2) is 32.3 Å². The maximum absolute atomic E-state index is 14.3. The van der Waals surface area contributed by atoms with Gasteiger partial charge in [0.1, 0.15) is 34.6 Å². The lowest BCUT2D eigenvalue weighted by atomic mass is 9.80. The second kappa shape index (κ2) is 32.9. The zero-order chi connectivity index (χ0) is 77.9. The number of anilines is 2. The summed E-state index contributed by atoms with van der Waals surface area (Å²) in [5.74, 6) is -0.236. The summed E-state index contributed by atoms with van der Waals surface area (Å²) in [6, 6.07) is 47.1. The van der Waals surface area contributed by atoms with E-state index < -0.39 is 23.5 Å². The molecule has 16 rings (SSSR count). The number of aromatic nitrogens is 8. The van der Waals surface area contributed by atoms with Crippen molar-refractivity contribution in [1.82, 2.24) is 39.1 Å². The number of carbonyl (C=O) groups excluding carboxylic acids is 2. The van der Waals surface area contributed by atoms with E-state index in [1.165, 1.54) is 75.7 Å². The number of allylic oxidation sites excluding steroid dienone is 3. The van der Waals surface area contributed by atoms with Crippen molar-refractivity contribution in [1.29, 1.82) is 0 Å². The Morgan fingerprint density at radius 2 is 1.10 bits per heavy atom. The number of halogens is 3. The number of amides is 2. The fourth-order valence-corrected chi connectivity index (χ4v) is 14.9. The number of hydrogen-bond acceptors (Lipinski definition) is 13. The zero-order valence-electron chi connectivity index (χ0n) is 61.8. The Morgan fingerprint density at radius 1 is 0.568 bits per heavy atom. The Hall–Kier alpha value is -12.8. The highest BCUT2D eigenvalue weighted by Gasteiger charge is 2.35. The number of aromatic carboxylic acids is 1. The number of nitrogens with zero attached hydrogens (tertiary/aromatic N) is 8. The number of carboxylic acid groups (broad SMARTS) is 1. The first kappa shape index (κ1) is 77.8. The third-order valence-corrected chi connectivity index (χ3v) is 20.7. The van der Waals surface area contributed by atoms with Crippen molar-refractivity contribution in [3.63, 3.8) is 0 Å². The highest BCUT2D eigenvalue weighted by atomic mass is 35.5. The van der Waals surface area contributed by atoms with Gasteiger partial charge in [0.2, 0.25) is 11.7 Å². The molecule has 0 fully saturated rings. The quantitative estimate of drug-likeness (QED) is 0.0554. The number of nitrogens with one attached hydrogen (secondary N) is 2. The number of rotatable bonds is 14. The molecule has 8 aromatic carbocycles. The molecule has 20 nitrogen and oxygen atoms in total. The largest absolute Gasteiger partial charge is 0.508 e. The molecule has 2 aliphatic carbocycles. The summed E-state index contributed by atoms with van der Waals surface area (Å²) < 4.78 is 50.6. The number of hydrogen-bond donors (Lipinski definition) is 6. The number of aryl methyl sites for hydroxylation is 4. The average molecular weight is 1520 g/mol. The third-order valence-electron chi connectivity index (χ3n) is 20.3. The summed E-state index contributed by atoms with van der Waals surface area (Å²) in [6.07, 6.45) is 11.6. The molecule has 0 spiro atoms. The summed E-state index contributed by atoms with van der Waals surface area (Å²) >= 11 is 6.30. The third kappa shape index (κ3) is 16.6. The summed E-state index contributed by atoms with van der Waals surface area (Å²) in [4.78, 5) is 34.5. The lowest BCUT2D eigenvalue weighted by Crippen LogP contribution is -2.24. The predicted octanol–water partition coefficient (Wildman–Crippen LogP) is 17.8. The van der Waals surface area contributed by atoms with Crippen LogP contribution >= 0.6 is 11.6 Å². The van der Waals surface area contributed by atoms with Gasteiger partial charge in [-0.3, -0.25) is 9.59 Å². The van der Waals surface area contributed by atoms with Crippen LogP contribution in [0.15, 0.2) is 219 Å². The molecule has 6 heterocycles. The minimum atomic E-state index is -0.905. The van der Waals surface area contributed by atoms with Crippen molar-refractivity contribution in [2.45, 2.75) is 104 Å². The molecule has 568 valence electrons. The van der Waals surface area contributed by atoms with Crippen LogP contribution in [0, 0.1) is 46.3 Å². The molecule has 111 heavy (non-hydrogen) atoms. The Bertz CT molecular complexity index is 5520. The summed E-state index contributed by atoms with van der Waals surface area (Å²) in [5, 5.41) is 54.0. The molecule has 4 unspecified atom stereocenters. The number of benzene rings is 8. The molecule has 2 aliphatic heterocycles. The van der Waals surface area contributed by atoms with Crippen molar-refractivity contribution < 1.29 is 52.7 Å². The highest BCUT2D eigenvalue weighted by molar-refractivity contribution is 6.31. The van der Waals surface area contributed by atoms with Gasteiger partial charge in [-0.1, -0.05) is 111 Å². The number of carboxylic acids is 1. The van der Waals surface area contributed by atoms with Crippen LogP contribution in [0.3, 0.4) is 0 Å². The van der Waals surface area contributed by atoms with Crippen LogP contribution < -0.4 is 30.6 Å². The van der Waals surface area contributed by atoms with Crippen LogP contribution in [0.5, 0.6) is 28.7 Å². The lowest BCUT2D eigenvalue weighted by Gasteiger charge is -2.26. The molecule has 4 aliphatic rings. The number of nitrogens with two attached hydrogens (primary N) is 1. The average Bonchev–Trinajstić information content (AvgIpc) is 1.68. The Morgan fingerprint density at radius 3 is 1.68 bits per heavy atom. The lowest BCUT2D eigenvalue weighted by molar-refractivity contribution is -0.120. The Balaban J connectivity index is 0.000000137. The number of ether oxygens (including phenoxy) is 3. The minimum Gasteiger partial charge on any atom is -0.508 e. The molecule has 4 aromatic heterocycles. The predicted molar refractivity (Wildman–Crippen MR) is 426 cm³/mol. The van der Waals surface area contributed by atoms with Crippen LogP contribution in [0.4, 0.5) is 20.4 Å². The SMILES string of the molecule is C.C=C1CC(c2ccc(OCC(N)=O)cc2)c2cnn(-c3ccc(F)cc3F)c2N1.C=C1Cc2c(cnn2-c2ccc(C)c(Cl)c2)C(c2ccc(O)cc2)C1.C=C1Cc2c(cnn2-c2cccc(C)c2C)C(c2ccc(C(=O)O)cc2)C1.COc1cc(C2CC(=O)Nc3c2cnn3-c2cc(C)cc(C)c2)cc(OC)c1O. The van der Waals surface area contributed by atoms with Crippen molar-refractivity contribution >= 4 is 41.0 Å². The summed E-state index contributed by atoms with van der Waals surface area (Å²) in [7, 11) is 2.96. The smallest absolute Gasteiger partial charge is 0.335 e. The molecular weight excluding hydrogens is 1430 g/mol. The van der Waals surface area contributed by atoms with E-state index in [1.54, 1.807) is 65.6 Å². The van der Waals surface area contributed by atoms with Gasteiger partial charge in [-0.2, -0.15) is 20.4 Å². The van der Waals surface area contributed by atoms with E-state index in [-0.39, 0.29) is 67.2 Å². The van der Waals surface area contributed by atoms with E-state index in [9.17, 15) is 33.4 Å². The first-order valence-electron chi connectivity index (χ1n) is 35.6. The molecule has 0 radical (unpaired) electrons. The van der Waals surface area contributed by atoms with Gasteiger partial charge < -0.3 is 45.9 Å². The number of phenols is 2. The highest BCUT2D eigenvalue weighted by Crippen LogP contribution is 2.47. The molecule has 7 N–H and O–H groups in total. The van der Waals surface area contributed by atoms with Crippen LogP contribution in [-0.2, 0) is 22.4 Å². The minimum absolute atomic E-state index is 0. The molecule has 12 aromatic rings. The van der Waals surface area contributed by atoms with E-state index >= 15 is 0 Å². The van der Waals surface area contributed by atoms with Gasteiger partial charge in [0.05, 0.1) is 73.0 Å². The summed E-state index contributed by atoms with van der Waals surface area (Å²) in [6.45, 7) is 22.6. The molecular formula is C88H86ClF2N11O9. The maximum Gasteiger partial charge on any atom is 0.335 e. The van der Waals surface area contributed by atoms with Crippen molar-refractivity contribution in [2.75, 3.05) is 31.5 Å². The van der Waals surface area contributed by atoms with Gasteiger partial charge in [-0.05, 0) is 195 Å². The molecule has 4 atom stereocenters. The van der Waals surface area contributed by atoms with E-state index in [1.807, 2.05) is 109 Å². The van der Waals surface area contributed by atoms with Gasteiger partial charge in [-0.15, -0.1) is 0 Å². The Kier molecular flexibility index (Phi) is 23.1. The number of fused-ring (bicyclic) bond motifs is 4. The molecule has 0 saturated heterocycles. The van der Waals surface area contributed by atoms with E-state index in [2.05, 4.69) is 83.8 Å². The molecule has 0 bridgehead atoms. The maximum atomic E-state index is 14.3. The number of carbonyl (C=O) groups is 3. The van der Waals surface area contributed by atoms with Gasteiger partial charge in [0.25, 0.3) is 5.91 Å². The second-order valence-electron chi connectivity index (χ2n) is 28.0. The van der Waals surface area contributed by atoms with E-state index in [0.29, 0.717) is 40.9 Å². The monoisotopic (exact) mass is 1510 g/mol. The Labute approximate surface area is 647 Å². The van der Waals surface area contributed by atoms with E-state index in [4.69, 9.17) is 41.8 Å². The standard InChI is InChI=1S/C23H22N2O2.C22H23N3O4.C21H19ClN2O.C21H18F2N4O2.CH4/c1-14-11-19(17-7-9-18(10-8-17)23(26)27)20-13-24-25(22(20)12-14)21-6-4-5-15(2)16(21)3;1-12-5-13(2)7-15(6-12)25-22-17(11-23-25)16(10-20(26)24-22)14-8-18(28-3)21(27)19(9-14)29-4;1-13-9-18(15-4-7-17(25)8-5-15)19-12-23-24(21(19)10-13)16-6-3-14(2)20(22)11-16;1-12-8-16(13-2-5-15(6-3-13)29-11-20(24)28)17-10-25-27(21(17)26-12)19-7-4-14(22)9-18(19)23;/h4-10,13,19H,1,11-12H2,2-3H3,(H,26,27);5-9,11,16,27H,10H2,1-4H3,(H,24,26);3-8,11-12,18,25H,1,9-10H2,2H3;2-7,9-10,16,26H,1,8,11H2,(H2,24,28);1H4. The normalized spacial score (nSPS) is 15.8. The topological polar surface area (TPSA) is 261 Å².